The fraction of sp³-hybridized carbons (Fsp3) is 0.364. The van der Waals surface area contributed by atoms with Gasteiger partial charge in [0, 0.05) is 6.42 Å². The van der Waals surface area contributed by atoms with Crippen molar-refractivity contribution in [2.75, 3.05) is 0 Å². The highest BCUT2D eigenvalue weighted by Crippen LogP contribution is 2.25. The van der Waals surface area contributed by atoms with E-state index in [0.29, 0.717) is 6.42 Å². The van der Waals surface area contributed by atoms with E-state index < -0.39 is 5.38 Å². The molecule has 0 saturated carbocycles. The molecule has 0 aliphatic heterocycles. The summed E-state index contributed by atoms with van der Waals surface area (Å²) in [6.45, 7) is 3.80. The molecule has 0 aromatic heterocycles. The Labute approximate surface area is 83.7 Å². The van der Waals surface area contributed by atoms with Crippen molar-refractivity contribution >= 4 is 17.4 Å². The summed E-state index contributed by atoms with van der Waals surface area (Å²) in [5, 5.41) is -0.480. The van der Waals surface area contributed by atoms with Crippen LogP contribution in [0.5, 0.6) is 0 Å². The highest BCUT2D eigenvalue weighted by molar-refractivity contribution is 6.31. The second kappa shape index (κ2) is 4.43. The van der Waals surface area contributed by atoms with E-state index in [1.807, 2.05) is 38.1 Å². The number of ketones is 1. The van der Waals surface area contributed by atoms with Gasteiger partial charge in [0.2, 0.25) is 0 Å². The molecule has 0 aliphatic rings. The maximum atomic E-state index is 11.3. The Bertz CT molecular complexity index is 307. The Hall–Kier alpha value is -0.820. The first-order valence-electron chi connectivity index (χ1n) is 4.39. The summed E-state index contributed by atoms with van der Waals surface area (Å²) in [4.78, 5) is 11.3. The molecule has 0 N–H and O–H groups in total. The third kappa shape index (κ3) is 2.31. The van der Waals surface area contributed by atoms with E-state index in [4.69, 9.17) is 11.6 Å². The van der Waals surface area contributed by atoms with Gasteiger partial charge in [-0.05, 0) is 18.1 Å². The molecule has 0 spiro atoms. The van der Waals surface area contributed by atoms with Crippen LogP contribution in [0.3, 0.4) is 0 Å². The van der Waals surface area contributed by atoms with Crippen LogP contribution < -0.4 is 0 Å². The average Bonchev–Trinajstić information content (AvgIpc) is 2.16. The zero-order valence-electron chi connectivity index (χ0n) is 7.88. The van der Waals surface area contributed by atoms with E-state index >= 15 is 0 Å². The van der Waals surface area contributed by atoms with Crippen LogP contribution in [-0.2, 0) is 4.79 Å². The fourth-order valence-corrected chi connectivity index (χ4v) is 1.62. The van der Waals surface area contributed by atoms with Crippen LogP contribution in [0.15, 0.2) is 24.3 Å². The predicted octanol–water partition coefficient (Wildman–Crippen LogP) is 3.25. The van der Waals surface area contributed by atoms with Crippen molar-refractivity contribution in [1.82, 2.24) is 0 Å². The van der Waals surface area contributed by atoms with E-state index in [9.17, 15) is 4.79 Å². The number of Topliss-reactive ketones (excluding diaryl/α,β-unsaturated/α-hetero) is 1. The number of aryl methyl sites for hydroxylation is 1. The van der Waals surface area contributed by atoms with Crippen LogP contribution >= 0.6 is 11.6 Å². The van der Waals surface area contributed by atoms with Crippen LogP contribution in [0.4, 0.5) is 0 Å². The third-order valence-electron chi connectivity index (χ3n) is 2.09. The van der Waals surface area contributed by atoms with Gasteiger partial charge in [-0.25, -0.2) is 0 Å². The first kappa shape index (κ1) is 10.3. The molecule has 1 nitrogen and oxygen atoms in total. The van der Waals surface area contributed by atoms with Crippen molar-refractivity contribution in [2.24, 2.45) is 0 Å². The smallest absolute Gasteiger partial charge is 0.154 e. The molecule has 0 fully saturated rings. The van der Waals surface area contributed by atoms with Crippen molar-refractivity contribution in [3.05, 3.63) is 35.4 Å². The Morgan fingerprint density at radius 1 is 1.46 bits per heavy atom. The molecule has 0 radical (unpaired) electrons. The molecule has 1 aromatic carbocycles. The zero-order valence-corrected chi connectivity index (χ0v) is 8.64. The van der Waals surface area contributed by atoms with Crippen molar-refractivity contribution < 1.29 is 4.79 Å². The highest BCUT2D eigenvalue weighted by atomic mass is 35.5. The van der Waals surface area contributed by atoms with Gasteiger partial charge >= 0.3 is 0 Å². The molecule has 0 bridgehead atoms. The maximum absolute atomic E-state index is 11.3. The number of alkyl halides is 1. The molecule has 13 heavy (non-hydrogen) atoms. The standard InChI is InChI=1S/C11H13ClO/c1-3-10(13)11(12)9-7-5-4-6-8(9)2/h4-7,11H,3H2,1-2H3. The molecule has 1 aromatic rings. The lowest BCUT2D eigenvalue weighted by atomic mass is 10.0. The van der Waals surface area contributed by atoms with Crippen LogP contribution in [0.1, 0.15) is 29.8 Å². The summed E-state index contributed by atoms with van der Waals surface area (Å²) in [6.07, 6.45) is 0.489. The predicted molar refractivity (Wildman–Crippen MR) is 55.1 cm³/mol. The minimum absolute atomic E-state index is 0.0796. The summed E-state index contributed by atoms with van der Waals surface area (Å²) in [6, 6.07) is 7.72. The Kier molecular flexibility index (Phi) is 3.49. The molecular formula is C11H13ClO. The second-order valence-corrected chi connectivity index (χ2v) is 3.48. The van der Waals surface area contributed by atoms with E-state index in [1.54, 1.807) is 0 Å². The van der Waals surface area contributed by atoms with Crippen molar-refractivity contribution in [2.45, 2.75) is 25.6 Å². The number of benzene rings is 1. The average molecular weight is 197 g/mol. The minimum atomic E-state index is -0.480. The first-order chi connectivity index (χ1) is 6.16. The van der Waals surface area contributed by atoms with Gasteiger partial charge in [-0.1, -0.05) is 31.2 Å². The molecule has 70 valence electrons. The van der Waals surface area contributed by atoms with Gasteiger partial charge in [-0.15, -0.1) is 11.6 Å². The van der Waals surface area contributed by atoms with Crippen molar-refractivity contribution in [1.29, 1.82) is 0 Å². The SMILES string of the molecule is CCC(=O)C(Cl)c1ccccc1C. The molecule has 1 unspecified atom stereocenters. The second-order valence-electron chi connectivity index (χ2n) is 3.04. The molecular weight excluding hydrogens is 184 g/mol. The summed E-state index contributed by atoms with van der Waals surface area (Å²) in [5.74, 6) is 0.0796. The van der Waals surface area contributed by atoms with E-state index in [-0.39, 0.29) is 5.78 Å². The van der Waals surface area contributed by atoms with Gasteiger partial charge in [0.25, 0.3) is 0 Å². The van der Waals surface area contributed by atoms with Gasteiger partial charge in [-0.3, -0.25) is 4.79 Å². The fourth-order valence-electron chi connectivity index (χ4n) is 1.22. The summed E-state index contributed by atoms with van der Waals surface area (Å²) in [5.41, 5.74) is 2.00. The van der Waals surface area contributed by atoms with Gasteiger partial charge in [0.1, 0.15) is 5.38 Å². The third-order valence-corrected chi connectivity index (χ3v) is 2.57. The molecule has 0 amide bonds. The maximum Gasteiger partial charge on any atom is 0.154 e. The molecule has 1 atom stereocenters. The number of carbonyl (C=O) groups is 1. The largest absolute Gasteiger partial charge is 0.298 e. The number of carbonyl (C=O) groups excluding carboxylic acids is 1. The van der Waals surface area contributed by atoms with Crippen LogP contribution in [0.2, 0.25) is 0 Å². The normalized spacial score (nSPS) is 12.5. The Balaban J connectivity index is 2.95. The highest BCUT2D eigenvalue weighted by Gasteiger charge is 2.16. The lowest BCUT2D eigenvalue weighted by molar-refractivity contribution is -0.118. The van der Waals surface area contributed by atoms with Crippen LogP contribution in [-0.4, -0.2) is 5.78 Å². The van der Waals surface area contributed by atoms with E-state index in [0.717, 1.165) is 11.1 Å². The number of rotatable bonds is 3. The number of halogens is 1. The molecule has 1 rings (SSSR count). The monoisotopic (exact) mass is 196 g/mol. The number of hydrogen-bond acceptors (Lipinski definition) is 1. The molecule has 2 heteroatoms. The topological polar surface area (TPSA) is 17.1 Å². The Morgan fingerprint density at radius 2 is 2.08 bits per heavy atom. The Morgan fingerprint density at radius 3 is 2.62 bits per heavy atom. The summed E-state index contributed by atoms with van der Waals surface area (Å²) < 4.78 is 0. The van der Waals surface area contributed by atoms with Crippen LogP contribution in [0, 0.1) is 6.92 Å². The lowest BCUT2D eigenvalue weighted by Gasteiger charge is -2.09. The molecule has 0 saturated heterocycles. The summed E-state index contributed by atoms with van der Waals surface area (Å²) in [7, 11) is 0. The lowest BCUT2D eigenvalue weighted by Crippen LogP contribution is -2.06. The summed E-state index contributed by atoms with van der Waals surface area (Å²) >= 11 is 6.01. The van der Waals surface area contributed by atoms with Gasteiger partial charge in [0.15, 0.2) is 5.78 Å². The van der Waals surface area contributed by atoms with E-state index in [2.05, 4.69) is 0 Å². The van der Waals surface area contributed by atoms with E-state index in [1.165, 1.54) is 0 Å². The van der Waals surface area contributed by atoms with Crippen LogP contribution in [0.25, 0.3) is 0 Å². The first-order valence-corrected chi connectivity index (χ1v) is 4.82. The van der Waals surface area contributed by atoms with Crippen molar-refractivity contribution in [3.8, 4) is 0 Å². The molecule has 0 heterocycles. The van der Waals surface area contributed by atoms with Gasteiger partial charge in [-0.2, -0.15) is 0 Å². The van der Waals surface area contributed by atoms with Gasteiger partial charge in [0.05, 0.1) is 0 Å². The number of hydrogen-bond donors (Lipinski definition) is 0. The quantitative estimate of drug-likeness (QED) is 0.679. The van der Waals surface area contributed by atoms with Gasteiger partial charge < -0.3 is 0 Å². The van der Waals surface area contributed by atoms with Crippen molar-refractivity contribution in [3.63, 3.8) is 0 Å². The minimum Gasteiger partial charge on any atom is -0.298 e. The zero-order chi connectivity index (χ0) is 9.84. The molecule has 0 aliphatic carbocycles.